The Balaban J connectivity index is 2.99. The van der Waals surface area contributed by atoms with Gasteiger partial charge in [-0.25, -0.2) is 0 Å². The van der Waals surface area contributed by atoms with E-state index in [4.69, 9.17) is 11.5 Å². The predicted octanol–water partition coefficient (Wildman–Crippen LogP) is 2.80. The molecule has 0 bridgehead atoms. The molecule has 86 valence electrons. The van der Waals surface area contributed by atoms with Crippen molar-refractivity contribution in [1.29, 1.82) is 0 Å². The Bertz CT molecular complexity index is 116. The van der Waals surface area contributed by atoms with Crippen LogP contribution in [0.3, 0.4) is 0 Å². The van der Waals surface area contributed by atoms with Crippen LogP contribution in [0.2, 0.25) is 0 Å². The lowest BCUT2D eigenvalue weighted by atomic mass is 9.97. The smallest absolute Gasteiger partial charge is 0.00970 e. The van der Waals surface area contributed by atoms with Crippen molar-refractivity contribution in [1.82, 2.24) is 0 Å². The molecule has 0 aliphatic carbocycles. The topological polar surface area (TPSA) is 52.0 Å². The summed E-state index contributed by atoms with van der Waals surface area (Å²) in [6.45, 7) is 5.06. The Morgan fingerprint density at radius 1 is 0.786 bits per heavy atom. The van der Waals surface area contributed by atoms with E-state index in [-0.39, 0.29) is 5.54 Å². The van der Waals surface area contributed by atoms with Crippen molar-refractivity contribution < 1.29 is 0 Å². The summed E-state index contributed by atoms with van der Waals surface area (Å²) in [6.07, 6.45) is 10.3. The zero-order valence-corrected chi connectivity index (χ0v) is 10.0. The van der Waals surface area contributed by atoms with Crippen LogP contribution in [0, 0.1) is 0 Å². The van der Waals surface area contributed by atoms with E-state index in [1.54, 1.807) is 0 Å². The van der Waals surface area contributed by atoms with Crippen LogP contribution in [0.1, 0.15) is 65.2 Å². The first-order chi connectivity index (χ1) is 6.56. The van der Waals surface area contributed by atoms with Crippen molar-refractivity contribution >= 4 is 0 Å². The van der Waals surface area contributed by atoms with E-state index in [1.807, 2.05) is 0 Å². The Labute approximate surface area is 89.4 Å². The van der Waals surface area contributed by atoms with Gasteiger partial charge in [0.1, 0.15) is 0 Å². The average molecular weight is 200 g/mol. The molecule has 0 aromatic carbocycles. The molecule has 0 fully saturated rings. The molecule has 2 nitrogen and oxygen atoms in total. The fraction of sp³-hybridized carbons (Fsp3) is 1.00. The molecule has 0 aromatic heterocycles. The van der Waals surface area contributed by atoms with Crippen LogP contribution in [0.5, 0.6) is 0 Å². The third kappa shape index (κ3) is 11.9. The highest BCUT2D eigenvalue weighted by atomic mass is 14.7. The number of unbranched alkanes of at least 4 members (excludes halogenated alkanes) is 6. The van der Waals surface area contributed by atoms with E-state index in [0.717, 1.165) is 13.0 Å². The maximum Gasteiger partial charge on any atom is 0.00970 e. The van der Waals surface area contributed by atoms with Crippen LogP contribution in [0.25, 0.3) is 0 Å². The second-order valence-corrected chi connectivity index (χ2v) is 5.00. The van der Waals surface area contributed by atoms with E-state index < -0.39 is 0 Å². The van der Waals surface area contributed by atoms with Crippen LogP contribution in [0.4, 0.5) is 0 Å². The first kappa shape index (κ1) is 13.9. The lowest BCUT2D eigenvalue weighted by molar-refractivity contribution is 0.440. The first-order valence-corrected chi connectivity index (χ1v) is 6.05. The van der Waals surface area contributed by atoms with Crippen LogP contribution in [-0.2, 0) is 0 Å². The Kier molecular flexibility index (Phi) is 8.20. The number of rotatable bonds is 9. The number of nitrogens with two attached hydrogens (primary N) is 2. The predicted molar refractivity (Wildman–Crippen MR) is 64.3 cm³/mol. The summed E-state index contributed by atoms with van der Waals surface area (Å²) < 4.78 is 0. The average Bonchev–Trinajstić information content (AvgIpc) is 2.08. The van der Waals surface area contributed by atoms with Gasteiger partial charge in [-0.05, 0) is 33.2 Å². The van der Waals surface area contributed by atoms with Crippen LogP contribution in [0.15, 0.2) is 0 Å². The van der Waals surface area contributed by atoms with Gasteiger partial charge in [0.2, 0.25) is 0 Å². The molecule has 0 saturated carbocycles. The third-order valence-corrected chi connectivity index (χ3v) is 2.53. The summed E-state index contributed by atoms with van der Waals surface area (Å²) in [5.74, 6) is 0. The molecule has 0 heterocycles. The maximum atomic E-state index is 5.90. The lowest BCUT2D eigenvalue weighted by Gasteiger charge is -2.17. The maximum absolute atomic E-state index is 5.90. The Morgan fingerprint density at radius 3 is 1.64 bits per heavy atom. The van der Waals surface area contributed by atoms with Crippen molar-refractivity contribution in [3.63, 3.8) is 0 Å². The standard InChI is InChI=1S/C12H28N2/c1-12(2,14)10-8-6-4-3-5-7-9-11-13/h3-11,13-14H2,1-2H3. The van der Waals surface area contributed by atoms with Gasteiger partial charge >= 0.3 is 0 Å². The van der Waals surface area contributed by atoms with E-state index in [0.29, 0.717) is 0 Å². The summed E-state index contributed by atoms with van der Waals surface area (Å²) in [5, 5.41) is 0. The molecule has 0 aromatic rings. The molecule has 0 amide bonds. The van der Waals surface area contributed by atoms with Gasteiger partial charge in [-0.3, -0.25) is 0 Å². The van der Waals surface area contributed by atoms with E-state index >= 15 is 0 Å². The molecule has 0 rings (SSSR count). The second kappa shape index (κ2) is 8.25. The highest BCUT2D eigenvalue weighted by Crippen LogP contribution is 2.13. The fourth-order valence-corrected chi connectivity index (χ4v) is 1.61. The van der Waals surface area contributed by atoms with Crippen molar-refractivity contribution in [3.8, 4) is 0 Å². The minimum Gasteiger partial charge on any atom is -0.330 e. The summed E-state index contributed by atoms with van der Waals surface area (Å²) in [4.78, 5) is 0. The highest BCUT2D eigenvalue weighted by Gasteiger charge is 2.08. The van der Waals surface area contributed by atoms with E-state index in [9.17, 15) is 0 Å². The van der Waals surface area contributed by atoms with E-state index in [2.05, 4.69) is 13.8 Å². The van der Waals surface area contributed by atoms with Crippen LogP contribution in [-0.4, -0.2) is 12.1 Å². The summed E-state index contributed by atoms with van der Waals surface area (Å²) >= 11 is 0. The SMILES string of the molecule is CC(C)(N)CCCCCCCCCN. The zero-order chi connectivity index (χ0) is 10.9. The number of hydrogen-bond acceptors (Lipinski definition) is 2. The molecule has 0 aliphatic rings. The molecule has 2 heteroatoms. The molecule has 0 atom stereocenters. The molecular formula is C12H28N2. The van der Waals surface area contributed by atoms with Gasteiger partial charge in [0.15, 0.2) is 0 Å². The minimum absolute atomic E-state index is 0.0273. The normalized spacial score (nSPS) is 12.0. The monoisotopic (exact) mass is 200 g/mol. The highest BCUT2D eigenvalue weighted by molar-refractivity contribution is 4.70. The molecule has 14 heavy (non-hydrogen) atoms. The molecule has 0 spiro atoms. The molecule has 0 unspecified atom stereocenters. The molecule has 0 radical (unpaired) electrons. The van der Waals surface area contributed by atoms with E-state index in [1.165, 1.54) is 44.9 Å². The van der Waals surface area contributed by atoms with Gasteiger partial charge in [-0.2, -0.15) is 0 Å². The molecule has 0 aliphatic heterocycles. The van der Waals surface area contributed by atoms with Crippen LogP contribution < -0.4 is 11.5 Å². The van der Waals surface area contributed by atoms with Gasteiger partial charge in [0.05, 0.1) is 0 Å². The largest absolute Gasteiger partial charge is 0.330 e. The quantitative estimate of drug-likeness (QED) is 0.562. The van der Waals surface area contributed by atoms with Crippen molar-refractivity contribution in [2.24, 2.45) is 11.5 Å². The van der Waals surface area contributed by atoms with Gasteiger partial charge in [0.25, 0.3) is 0 Å². The first-order valence-electron chi connectivity index (χ1n) is 6.05. The van der Waals surface area contributed by atoms with Gasteiger partial charge in [-0.1, -0.05) is 38.5 Å². The van der Waals surface area contributed by atoms with Crippen LogP contribution >= 0.6 is 0 Å². The van der Waals surface area contributed by atoms with Crippen molar-refractivity contribution in [2.75, 3.05) is 6.54 Å². The second-order valence-electron chi connectivity index (χ2n) is 5.00. The summed E-state index contributed by atoms with van der Waals surface area (Å²) in [5.41, 5.74) is 11.4. The lowest BCUT2D eigenvalue weighted by Crippen LogP contribution is -2.31. The third-order valence-electron chi connectivity index (χ3n) is 2.53. The summed E-state index contributed by atoms with van der Waals surface area (Å²) in [7, 11) is 0. The summed E-state index contributed by atoms with van der Waals surface area (Å²) in [6, 6.07) is 0. The van der Waals surface area contributed by atoms with Gasteiger partial charge in [0, 0.05) is 5.54 Å². The Hall–Kier alpha value is -0.0800. The minimum atomic E-state index is 0.0273. The van der Waals surface area contributed by atoms with Crippen molar-refractivity contribution in [3.05, 3.63) is 0 Å². The van der Waals surface area contributed by atoms with Gasteiger partial charge < -0.3 is 11.5 Å². The fourth-order valence-electron chi connectivity index (χ4n) is 1.61. The van der Waals surface area contributed by atoms with Gasteiger partial charge in [-0.15, -0.1) is 0 Å². The number of hydrogen-bond donors (Lipinski definition) is 2. The molecule has 4 N–H and O–H groups in total. The molecule has 0 saturated heterocycles. The Morgan fingerprint density at radius 2 is 1.21 bits per heavy atom. The zero-order valence-electron chi connectivity index (χ0n) is 10.0. The molecular weight excluding hydrogens is 172 g/mol. The van der Waals surface area contributed by atoms with Crippen molar-refractivity contribution in [2.45, 2.75) is 70.8 Å².